The molecular formula is C27H29N5O3. The SMILES string of the molecule is COCCC1(CCOC)C(=O)N(c2cccnc2)c2cc3c4c([nH]c3cc21)-c1[nH]ncc1CCC4. The van der Waals surface area contributed by atoms with Crippen molar-refractivity contribution in [2.24, 2.45) is 0 Å². The van der Waals surface area contributed by atoms with Crippen LogP contribution >= 0.6 is 0 Å². The fourth-order valence-electron chi connectivity index (χ4n) is 5.84. The molecule has 0 fully saturated rings. The minimum atomic E-state index is -0.743. The number of nitrogens with one attached hydrogen (secondary N) is 2. The highest BCUT2D eigenvalue weighted by Crippen LogP contribution is 2.51. The fraction of sp³-hybridized carbons (Fsp3) is 0.370. The number of amides is 1. The average molecular weight is 472 g/mol. The Morgan fingerprint density at radius 1 is 1.09 bits per heavy atom. The van der Waals surface area contributed by atoms with Crippen molar-refractivity contribution in [1.29, 1.82) is 0 Å². The van der Waals surface area contributed by atoms with Gasteiger partial charge in [-0.3, -0.25) is 19.8 Å². The van der Waals surface area contributed by atoms with E-state index in [0.29, 0.717) is 26.1 Å². The van der Waals surface area contributed by atoms with Crippen LogP contribution in [0.2, 0.25) is 0 Å². The summed E-state index contributed by atoms with van der Waals surface area (Å²) in [7, 11) is 3.35. The number of ether oxygens (including phenoxy) is 2. The minimum absolute atomic E-state index is 0.0456. The summed E-state index contributed by atoms with van der Waals surface area (Å²) in [6, 6.07) is 8.17. The van der Waals surface area contributed by atoms with Crippen LogP contribution in [0.3, 0.4) is 0 Å². The zero-order valence-electron chi connectivity index (χ0n) is 20.1. The average Bonchev–Trinajstić information content (AvgIpc) is 3.51. The van der Waals surface area contributed by atoms with Crippen molar-refractivity contribution in [3.05, 3.63) is 59.5 Å². The van der Waals surface area contributed by atoms with Crippen molar-refractivity contribution in [2.45, 2.75) is 37.5 Å². The van der Waals surface area contributed by atoms with Crippen LogP contribution in [0.15, 0.2) is 42.9 Å². The Labute approximate surface area is 203 Å². The van der Waals surface area contributed by atoms with Gasteiger partial charge in [-0.15, -0.1) is 0 Å². The molecule has 0 radical (unpaired) electrons. The molecule has 1 aliphatic carbocycles. The predicted octanol–water partition coefficient (Wildman–Crippen LogP) is 4.43. The third kappa shape index (κ3) is 3.31. The molecule has 0 spiro atoms. The Balaban J connectivity index is 1.60. The number of fused-ring (bicyclic) bond motifs is 6. The van der Waals surface area contributed by atoms with Crippen molar-refractivity contribution in [3.63, 3.8) is 0 Å². The van der Waals surface area contributed by atoms with Gasteiger partial charge in [0.25, 0.3) is 0 Å². The van der Waals surface area contributed by atoms with Crippen LogP contribution in [-0.4, -0.2) is 53.5 Å². The zero-order valence-corrected chi connectivity index (χ0v) is 20.1. The van der Waals surface area contributed by atoms with E-state index in [0.717, 1.165) is 58.5 Å². The molecular weight excluding hydrogens is 442 g/mol. The Bertz CT molecular complexity index is 1380. The smallest absolute Gasteiger partial charge is 0.242 e. The van der Waals surface area contributed by atoms with E-state index in [-0.39, 0.29) is 5.91 Å². The second-order valence-electron chi connectivity index (χ2n) is 9.44. The molecule has 2 N–H and O–H groups in total. The largest absolute Gasteiger partial charge is 0.385 e. The lowest BCUT2D eigenvalue weighted by Crippen LogP contribution is -2.40. The van der Waals surface area contributed by atoms with E-state index < -0.39 is 5.41 Å². The Hall–Kier alpha value is -3.49. The molecule has 8 nitrogen and oxygen atoms in total. The number of carbonyl (C=O) groups is 1. The number of H-pyrrole nitrogens is 2. The van der Waals surface area contributed by atoms with Gasteiger partial charge in [0.2, 0.25) is 5.91 Å². The molecule has 35 heavy (non-hydrogen) atoms. The van der Waals surface area contributed by atoms with E-state index in [1.165, 1.54) is 11.1 Å². The van der Waals surface area contributed by atoms with Gasteiger partial charge >= 0.3 is 0 Å². The fourth-order valence-corrected chi connectivity index (χ4v) is 5.84. The molecule has 4 heterocycles. The number of aryl methyl sites for hydroxylation is 2. The van der Waals surface area contributed by atoms with Crippen molar-refractivity contribution in [3.8, 4) is 11.4 Å². The van der Waals surface area contributed by atoms with Crippen LogP contribution in [-0.2, 0) is 32.5 Å². The number of hydrogen-bond donors (Lipinski definition) is 2. The Kier molecular flexibility index (Phi) is 5.42. The van der Waals surface area contributed by atoms with Gasteiger partial charge in [0.1, 0.15) is 0 Å². The molecule has 180 valence electrons. The van der Waals surface area contributed by atoms with Gasteiger partial charge in [-0.25, -0.2) is 0 Å². The van der Waals surface area contributed by atoms with Gasteiger partial charge in [0, 0.05) is 44.5 Å². The standard InChI is InChI=1S/C27H29N5O3/c1-34-11-8-27(9-12-35-2)21-14-22-20(13-23(21)32(26(27)33)18-6-4-10-28-16-18)19-7-3-5-17-15-29-31-24(17)25(19)30-22/h4,6,10,13-16,30H,3,5,7-9,11-12H2,1-2H3,(H,29,31). The van der Waals surface area contributed by atoms with Gasteiger partial charge in [-0.2, -0.15) is 5.10 Å². The normalized spacial score (nSPS) is 16.3. The van der Waals surface area contributed by atoms with Crippen LogP contribution < -0.4 is 4.90 Å². The van der Waals surface area contributed by atoms with Gasteiger partial charge in [-0.1, -0.05) is 0 Å². The molecule has 2 aliphatic rings. The maximum Gasteiger partial charge on any atom is 0.242 e. The molecule has 1 aromatic carbocycles. The Morgan fingerprint density at radius 2 is 1.91 bits per heavy atom. The third-order valence-electron chi connectivity index (χ3n) is 7.60. The zero-order chi connectivity index (χ0) is 24.0. The van der Waals surface area contributed by atoms with Crippen molar-refractivity contribution in [2.75, 3.05) is 32.3 Å². The monoisotopic (exact) mass is 471 g/mol. The summed E-state index contributed by atoms with van der Waals surface area (Å²) in [5.74, 6) is 0.0456. The van der Waals surface area contributed by atoms with Gasteiger partial charge in [0.05, 0.1) is 40.6 Å². The number of pyridine rings is 1. The number of anilines is 2. The van der Waals surface area contributed by atoms with E-state index in [1.807, 2.05) is 23.2 Å². The highest BCUT2D eigenvalue weighted by molar-refractivity contribution is 6.15. The summed E-state index contributed by atoms with van der Waals surface area (Å²) < 4.78 is 10.9. The summed E-state index contributed by atoms with van der Waals surface area (Å²) in [6.07, 6.45) is 9.58. The molecule has 8 heteroatoms. The topological polar surface area (TPSA) is 96.1 Å². The first-order valence-corrected chi connectivity index (χ1v) is 12.1. The lowest BCUT2D eigenvalue weighted by atomic mass is 9.76. The summed E-state index contributed by atoms with van der Waals surface area (Å²) in [4.78, 5) is 24.0. The lowest BCUT2D eigenvalue weighted by Gasteiger charge is -2.28. The number of nitrogens with zero attached hydrogens (tertiary/aromatic N) is 3. The number of benzene rings is 1. The number of rotatable bonds is 7. The molecule has 1 amide bonds. The van der Waals surface area contributed by atoms with E-state index in [1.54, 1.807) is 26.6 Å². The highest BCUT2D eigenvalue weighted by atomic mass is 16.5. The van der Waals surface area contributed by atoms with Crippen LogP contribution in [0.4, 0.5) is 11.4 Å². The maximum atomic E-state index is 14.2. The number of aromatic nitrogens is 4. The van der Waals surface area contributed by atoms with Crippen molar-refractivity contribution in [1.82, 2.24) is 20.2 Å². The maximum absolute atomic E-state index is 14.2. The summed E-state index contributed by atoms with van der Waals surface area (Å²) in [5.41, 5.74) is 7.68. The molecule has 0 bridgehead atoms. The molecule has 3 aromatic heterocycles. The molecule has 6 rings (SSSR count). The van der Waals surface area contributed by atoms with E-state index in [4.69, 9.17) is 9.47 Å². The first-order chi connectivity index (χ1) is 17.2. The molecule has 4 aromatic rings. The van der Waals surface area contributed by atoms with Crippen LogP contribution in [0.25, 0.3) is 22.3 Å². The molecule has 0 unspecified atom stereocenters. The predicted molar refractivity (Wildman–Crippen MR) is 134 cm³/mol. The number of hydrogen-bond acceptors (Lipinski definition) is 5. The van der Waals surface area contributed by atoms with Gasteiger partial charge in [-0.05, 0) is 73.1 Å². The summed E-state index contributed by atoms with van der Waals surface area (Å²) in [6.45, 7) is 0.957. The molecule has 1 aliphatic heterocycles. The first kappa shape index (κ1) is 22.0. The summed E-state index contributed by atoms with van der Waals surface area (Å²) in [5, 5.41) is 8.65. The quantitative estimate of drug-likeness (QED) is 0.416. The van der Waals surface area contributed by atoms with Gasteiger partial charge < -0.3 is 14.5 Å². The minimum Gasteiger partial charge on any atom is -0.385 e. The summed E-state index contributed by atoms with van der Waals surface area (Å²) >= 11 is 0. The number of aromatic amines is 2. The molecule has 0 atom stereocenters. The first-order valence-electron chi connectivity index (χ1n) is 12.1. The number of carbonyl (C=O) groups excluding carboxylic acids is 1. The second kappa shape index (κ2) is 8.62. The van der Waals surface area contributed by atoms with E-state index in [2.05, 4.69) is 32.3 Å². The Morgan fingerprint density at radius 3 is 2.66 bits per heavy atom. The third-order valence-corrected chi connectivity index (χ3v) is 7.60. The van der Waals surface area contributed by atoms with Gasteiger partial charge in [0.15, 0.2) is 0 Å². The lowest BCUT2D eigenvalue weighted by molar-refractivity contribution is -0.123. The molecule has 0 saturated carbocycles. The van der Waals surface area contributed by atoms with Crippen LogP contribution in [0, 0.1) is 0 Å². The van der Waals surface area contributed by atoms with E-state index >= 15 is 0 Å². The van der Waals surface area contributed by atoms with Crippen molar-refractivity contribution >= 4 is 28.2 Å². The van der Waals surface area contributed by atoms with E-state index in [9.17, 15) is 4.79 Å². The van der Waals surface area contributed by atoms with Crippen molar-refractivity contribution < 1.29 is 14.3 Å². The van der Waals surface area contributed by atoms with Crippen LogP contribution in [0.5, 0.6) is 0 Å². The second-order valence-corrected chi connectivity index (χ2v) is 9.44. The highest BCUT2D eigenvalue weighted by Gasteiger charge is 2.51. The molecule has 0 saturated heterocycles. The van der Waals surface area contributed by atoms with Crippen LogP contribution in [0.1, 0.15) is 36.0 Å². The number of methoxy groups -OCH3 is 2.